The molecular weight excluding hydrogens is 347 g/mol. The van der Waals surface area contributed by atoms with Crippen LogP contribution in [0.3, 0.4) is 0 Å². The van der Waals surface area contributed by atoms with Gasteiger partial charge in [-0.1, -0.05) is 22.8 Å². The van der Waals surface area contributed by atoms with Crippen LogP contribution >= 0.6 is 11.6 Å². The molecular formula is C17H12ClFN4O2. The summed E-state index contributed by atoms with van der Waals surface area (Å²) < 4.78 is 19.3. The second kappa shape index (κ2) is 6.25. The standard InChI is InChI=1S/C17H12ClFN4O2/c18-11-4-5-14(12(19)8-11)23-9-10(7-15(23)24)16-21-17(25-22-16)13-3-1-2-6-20-13/h1-6,8,10H,7,9H2. The van der Waals surface area contributed by atoms with Gasteiger partial charge in [-0.15, -0.1) is 0 Å². The molecule has 1 unspecified atom stereocenters. The van der Waals surface area contributed by atoms with Crippen LogP contribution in [-0.2, 0) is 4.79 Å². The summed E-state index contributed by atoms with van der Waals surface area (Å²) in [5.41, 5.74) is 0.761. The highest BCUT2D eigenvalue weighted by Gasteiger charge is 2.35. The van der Waals surface area contributed by atoms with E-state index in [0.29, 0.717) is 17.4 Å². The number of amides is 1. The van der Waals surface area contributed by atoms with E-state index in [4.69, 9.17) is 16.1 Å². The highest BCUT2D eigenvalue weighted by molar-refractivity contribution is 6.30. The Morgan fingerprint density at radius 1 is 1.28 bits per heavy atom. The molecule has 8 heteroatoms. The molecule has 0 aliphatic carbocycles. The molecule has 3 heterocycles. The van der Waals surface area contributed by atoms with Crippen molar-refractivity contribution in [3.63, 3.8) is 0 Å². The molecule has 1 aliphatic heterocycles. The first-order valence-electron chi connectivity index (χ1n) is 7.62. The van der Waals surface area contributed by atoms with Crippen molar-refractivity contribution < 1.29 is 13.7 Å². The number of rotatable bonds is 3. The predicted octanol–water partition coefficient (Wildman–Crippen LogP) is 3.44. The largest absolute Gasteiger partial charge is 0.332 e. The van der Waals surface area contributed by atoms with Gasteiger partial charge in [-0.2, -0.15) is 4.98 Å². The summed E-state index contributed by atoms with van der Waals surface area (Å²) in [5.74, 6) is -0.312. The minimum Gasteiger partial charge on any atom is -0.332 e. The second-order valence-corrected chi connectivity index (χ2v) is 6.11. The van der Waals surface area contributed by atoms with Crippen molar-refractivity contribution in [2.75, 3.05) is 11.4 Å². The van der Waals surface area contributed by atoms with E-state index in [1.54, 1.807) is 24.4 Å². The van der Waals surface area contributed by atoms with Gasteiger partial charge >= 0.3 is 0 Å². The van der Waals surface area contributed by atoms with Crippen molar-refractivity contribution in [3.05, 3.63) is 59.3 Å². The van der Waals surface area contributed by atoms with Gasteiger partial charge in [0.1, 0.15) is 11.5 Å². The van der Waals surface area contributed by atoms with E-state index >= 15 is 0 Å². The zero-order valence-electron chi connectivity index (χ0n) is 12.9. The normalized spacial score (nSPS) is 17.3. The lowest BCUT2D eigenvalue weighted by Gasteiger charge is -2.17. The fourth-order valence-corrected chi connectivity index (χ4v) is 2.97. The van der Waals surface area contributed by atoms with E-state index in [1.807, 2.05) is 6.07 Å². The average Bonchev–Trinajstić information content (AvgIpc) is 3.23. The van der Waals surface area contributed by atoms with Crippen LogP contribution < -0.4 is 4.90 Å². The third kappa shape index (κ3) is 2.98. The molecule has 25 heavy (non-hydrogen) atoms. The van der Waals surface area contributed by atoms with Crippen molar-refractivity contribution in [2.24, 2.45) is 0 Å². The molecule has 1 saturated heterocycles. The number of halogens is 2. The van der Waals surface area contributed by atoms with Crippen LogP contribution in [0.1, 0.15) is 18.2 Å². The zero-order chi connectivity index (χ0) is 17.4. The summed E-state index contributed by atoms with van der Waals surface area (Å²) in [6.07, 6.45) is 1.81. The van der Waals surface area contributed by atoms with Crippen molar-refractivity contribution in [1.82, 2.24) is 15.1 Å². The molecule has 1 atom stereocenters. The number of carbonyl (C=O) groups excluding carboxylic acids is 1. The Labute approximate surface area is 147 Å². The molecule has 1 aliphatic rings. The smallest absolute Gasteiger partial charge is 0.276 e. The molecule has 0 bridgehead atoms. The predicted molar refractivity (Wildman–Crippen MR) is 88.7 cm³/mol. The van der Waals surface area contributed by atoms with Crippen LogP contribution in [0.25, 0.3) is 11.6 Å². The highest BCUT2D eigenvalue weighted by Crippen LogP contribution is 2.33. The van der Waals surface area contributed by atoms with Crippen LogP contribution in [-0.4, -0.2) is 27.6 Å². The Balaban J connectivity index is 1.57. The average molecular weight is 359 g/mol. The van der Waals surface area contributed by atoms with Crippen LogP contribution in [0, 0.1) is 5.82 Å². The lowest BCUT2D eigenvalue weighted by molar-refractivity contribution is -0.117. The first kappa shape index (κ1) is 15.7. The van der Waals surface area contributed by atoms with Gasteiger partial charge in [0.05, 0.1) is 5.69 Å². The lowest BCUT2D eigenvalue weighted by atomic mass is 10.1. The van der Waals surface area contributed by atoms with Gasteiger partial charge in [0, 0.05) is 30.1 Å². The molecule has 1 amide bonds. The third-order valence-electron chi connectivity index (χ3n) is 4.02. The monoisotopic (exact) mass is 358 g/mol. The lowest BCUT2D eigenvalue weighted by Crippen LogP contribution is -2.25. The van der Waals surface area contributed by atoms with E-state index in [0.717, 1.165) is 0 Å². The fraction of sp³-hybridized carbons (Fsp3) is 0.176. The number of anilines is 1. The number of aromatic nitrogens is 3. The Morgan fingerprint density at radius 2 is 2.16 bits per heavy atom. The van der Waals surface area contributed by atoms with Gasteiger partial charge in [-0.05, 0) is 30.3 Å². The minimum absolute atomic E-state index is 0.184. The number of benzene rings is 1. The third-order valence-corrected chi connectivity index (χ3v) is 4.25. The fourth-order valence-electron chi connectivity index (χ4n) is 2.81. The SMILES string of the molecule is O=C1CC(c2noc(-c3ccccn3)n2)CN1c1ccc(Cl)cc1F. The van der Waals surface area contributed by atoms with Gasteiger partial charge in [0.25, 0.3) is 5.89 Å². The minimum atomic E-state index is -0.538. The van der Waals surface area contributed by atoms with Crippen LogP contribution in [0.5, 0.6) is 0 Å². The van der Waals surface area contributed by atoms with Gasteiger partial charge in [0.2, 0.25) is 5.91 Å². The summed E-state index contributed by atoms with van der Waals surface area (Å²) in [5, 5.41) is 4.23. The Kier molecular flexibility index (Phi) is 3.93. The van der Waals surface area contributed by atoms with E-state index in [2.05, 4.69) is 15.1 Å². The zero-order valence-corrected chi connectivity index (χ0v) is 13.7. The summed E-state index contributed by atoms with van der Waals surface area (Å²) in [6, 6.07) is 9.59. The van der Waals surface area contributed by atoms with E-state index in [-0.39, 0.29) is 35.5 Å². The highest BCUT2D eigenvalue weighted by atomic mass is 35.5. The Hall–Kier alpha value is -2.80. The quantitative estimate of drug-likeness (QED) is 0.717. The maximum atomic E-state index is 14.1. The summed E-state index contributed by atoms with van der Waals surface area (Å²) in [4.78, 5) is 22.2. The summed E-state index contributed by atoms with van der Waals surface area (Å²) in [6.45, 7) is 0.276. The van der Waals surface area contributed by atoms with Crippen molar-refractivity contribution in [1.29, 1.82) is 0 Å². The first-order valence-corrected chi connectivity index (χ1v) is 8.00. The Morgan fingerprint density at radius 3 is 2.92 bits per heavy atom. The summed E-state index contributed by atoms with van der Waals surface area (Å²) >= 11 is 5.76. The molecule has 126 valence electrons. The van der Waals surface area contributed by atoms with Crippen LogP contribution in [0.2, 0.25) is 5.02 Å². The number of carbonyl (C=O) groups is 1. The molecule has 0 radical (unpaired) electrons. The molecule has 1 fully saturated rings. The second-order valence-electron chi connectivity index (χ2n) is 5.67. The van der Waals surface area contributed by atoms with Gasteiger partial charge in [-0.25, -0.2) is 4.39 Å². The Bertz CT molecular complexity index is 931. The molecule has 3 aromatic rings. The maximum absolute atomic E-state index is 14.1. The number of hydrogen-bond acceptors (Lipinski definition) is 5. The van der Waals surface area contributed by atoms with E-state index in [9.17, 15) is 9.18 Å². The van der Waals surface area contributed by atoms with Gasteiger partial charge in [-0.3, -0.25) is 9.78 Å². The maximum Gasteiger partial charge on any atom is 0.276 e. The topological polar surface area (TPSA) is 72.1 Å². The van der Waals surface area contributed by atoms with Crippen molar-refractivity contribution in [3.8, 4) is 11.6 Å². The van der Waals surface area contributed by atoms with Crippen molar-refractivity contribution >= 4 is 23.2 Å². The van der Waals surface area contributed by atoms with Crippen molar-refractivity contribution in [2.45, 2.75) is 12.3 Å². The molecule has 6 nitrogen and oxygen atoms in total. The molecule has 0 N–H and O–H groups in total. The van der Waals surface area contributed by atoms with E-state index < -0.39 is 5.82 Å². The number of nitrogens with zero attached hydrogens (tertiary/aromatic N) is 4. The van der Waals surface area contributed by atoms with Gasteiger partial charge < -0.3 is 9.42 Å². The van der Waals surface area contributed by atoms with Crippen LogP contribution in [0.4, 0.5) is 10.1 Å². The number of hydrogen-bond donors (Lipinski definition) is 0. The molecule has 4 rings (SSSR count). The molecule has 1 aromatic carbocycles. The molecule has 0 saturated carbocycles. The summed E-state index contributed by atoms with van der Waals surface area (Å²) in [7, 11) is 0. The van der Waals surface area contributed by atoms with Crippen LogP contribution in [0.15, 0.2) is 47.1 Å². The van der Waals surface area contributed by atoms with Gasteiger partial charge in [0.15, 0.2) is 5.82 Å². The first-order chi connectivity index (χ1) is 12.1. The number of pyridine rings is 1. The molecule has 0 spiro atoms. The van der Waals surface area contributed by atoms with E-state index in [1.165, 1.54) is 17.0 Å². The molecule has 2 aromatic heterocycles.